The topological polar surface area (TPSA) is 66.8 Å². The number of aliphatic hydroxyl groups is 1. The Morgan fingerprint density at radius 3 is 2.59 bits per heavy atom. The summed E-state index contributed by atoms with van der Waals surface area (Å²) in [6, 6.07) is 1.82. The van der Waals surface area contributed by atoms with Crippen LogP contribution in [0.4, 0.5) is 5.69 Å². The monoisotopic (exact) mass is 389 g/mol. The molecule has 5 nitrogen and oxygen atoms in total. The van der Waals surface area contributed by atoms with Gasteiger partial charge in [0, 0.05) is 12.5 Å². The number of methoxy groups -OCH3 is 1. The first-order chi connectivity index (χ1) is 10.5. The summed E-state index contributed by atoms with van der Waals surface area (Å²) in [5, 5.41) is 9.68. The lowest BCUT2D eigenvalue weighted by Crippen LogP contribution is -2.43. The molecule has 0 unspecified atom stereocenters. The molecule has 1 N–H and O–H groups in total. The highest BCUT2D eigenvalue weighted by molar-refractivity contribution is 9.11. The maximum Gasteiger partial charge on any atom is 0.350 e. The van der Waals surface area contributed by atoms with E-state index in [0.29, 0.717) is 29.8 Å². The maximum atomic E-state index is 12.5. The number of anilines is 1. The van der Waals surface area contributed by atoms with E-state index >= 15 is 0 Å². The Hall–Kier alpha value is -0.920. The molecule has 7 heteroatoms. The van der Waals surface area contributed by atoms with E-state index in [-0.39, 0.29) is 18.1 Å². The van der Waals surface area contributed by atoms with Crippen molar-refractivity contribution in [3.8, 4) is 0 Å². The second-order valence-electron chi connectivity index (χ2n) is 5.34. The Labute approximate surface area is 142 Å². The van der Waals surface area contributed by atoms with Crippen molar-refractivity contribution >= 4 is 44.8 Å². The third kappa shape index (κ3) is 3.70. The van der Waals surface area contributed by atoms with Gasteiger partial charge in [0.1, 0.15) is 4.88 Å². The minimum atomic E-state index is -0.435. The number of esters is 1. The Kier molecular flexibility index (Phi) is 6.00. The lowest BCUT2D eigenvalue weighted by molar-refractivity contribution is -0.119. The lowest BCUT2D eigenvalue weighted by atomic mass is 9.91. The van der Waals surface area contributed by atoms with Crippen LogP contribution in [0.5, 0.6) is 0 Å². The average molecular weight is 390 g/mol. The highest BCUT2D eigenvalue weighted by Gasteiger charge is 2.32. The third-order valence-corrected chi connectivity index (χ3v) is 5.52. The first kappa shape index (κ1) is 17.4. The number of rotatable bonds is 4. The molecule has 1 fully saturated rings. The predicted molar refractivity (Wildman–Crippen MR) is 89.4 cm³/mol. The Balaban J connectivity index is 2.38. The molecule has 0 bridgehead atoms. The summed E-state index contributed by atoms with van der Waals surface area (Å²) in [5.41, 5.74) is 0.608. The van der Waals surface area contributed by atoms with Crippen molar-refractivity contribution in [2.45, 2.75) is 51.2 Å². The van der Waals surface area contributed by atoms with Crippen LogP contribution in [-0.4, -0.2) is 36.2 Å². The summed E-state index contributed by atoms with van der Waals surface area (Å²) in [4.78, 5) is 26.6. The fourth-order valence-corrected chi connectivity index (χ4v) is 4.29. The van der Waals surface area contributed by atoms with Gasteiger partial charge in [-0.1, -0.05) is 6.92 Å². The van der Waals surface area contributed by atoms with Gasteiger partial charge in [0.05, 0.1) is 22.7 Å². The maximum absolute atomic E-state index is 12.5. The van der Waals surface area contributed by atoms with Crippen LogP contribution in [0.15, 0.2) is 9.85 Å². The van der Waals surface area contributed by atoms with Gasteiger partial charge in [0.25, 0.3) is 0 Å². The molecule has 0 saturated heterocycles. The molecule has 0 aromatic carbocycles. The number of carbonyl (C=O) groups is 2. The van der Waals surface area contributed by atoms with Crippen LogP contribution in [0.2, 0.25) is 0 Å². The Morgan fingerprint density at radius 1 is 1.41 bits per heavy atom. The number of hydrogen-bond donors (Lipinski definition) is 1. The number of aliphatic hydroxyl groups excluding tert-OH is 1. The standard InChI is InChI=1S/C15H20BrNO4S/c1-3-13(19)17(9-4-6-10(18)7-5-9)11-8-12(16)22-14(11)15(20)21-2/h8-10,18H,3-7H2,1-2H3. The molecule has 2 rings (SSSR count). The normalized spacial score (nSPS) is 21.5. The van der Waals surface area contributed by atoms with E-state index in [1.165, 1.54) is 18.4 Å². The number of thiophene rings is 1. The van der Waals surface area contributed by atoms with Crippen molar-refractivity contribution in [3.63, 3.8) is 0 Å². The zero-order valence-electron chi connectivity index (χ0n) is 12.7. The van der Waals surface area contributed by atoms with E-state index in [9.17, 15) is 14.7 Å². The quantitative estimate of drug-likeness (QED) is 0.801. The predicted octanol–water partition coefficient (Wildman–Crippen LogP) is 3.34. The van der Waals surface area contributed by atoms with Gasteiger partial charge >= 0.3 is 5.97 Å². The van der Waals surface area contributed by atoms with Gasteiger partial charge < -0.3 is 14.7 Å². The summed E-state index contributed by atoms with van der Waals surface area (Å²) >= 11 is 4.65. The molecule has 0 radical (unpaired) electrons. The van der Waals surface area contributed by atoms with Gasteiger partial charge in [0.2, 0.25) is 5.91 Å². The molecular weight excluding hydrogens is 370 g/mol. The zero-order valence-corrected chi connectivity index (χ0v) is 15.1. The highest BCUT2D eigenvalue weighted by atomic mass is 79.9. The molecule has 122 valence electrons. The van der Waals surface area contributed by atoms with Crippen LogP contribution in [0.3, 0.4) is 0 Å². The van der Waals surface area contributed by atoms with Gasteiger partial charge in [-0.2, -0.15) is 0 Å². The van der Waals surface area contributed by atoms with Crippen molar-refractivity contribution < 1.29 is 19.4 Å². The van der Waals surface area contributed by atoms with Crippen LogP contribution >= 0.6 is 27.3 Å². The summed E-state index contributed by atoms with van der Waals surface area (Å²) in [7, 11) is 1.34. The van der Waals surface area contributed by atoms with Gasteiger partial charge in [-0.25, -0.2) is 4.79 Å². The van der Waals surface area contributed by atoms with E-state index < -0.39 is 5.97 Å². The fourth-order valence-electron chi connectivity index (χ4n) is 2.79. The first-order valence-electron chi connectivity index (χ1n) is 7.35. The third-order valence-electron chi connectivity index (χ3n) is 3.92. The molecule has 22 heavy (non-hydrogen) atoms. The average Bonchev–Trinajstić information content (AvgIpc) is 2.90. The second-order valence-corrected chi connectivity index (χ2v) is 7.77. The molecule has 0 atom stereocenters. The summed E-state index contributed by atoms with van der Waals surface area (Å²) < 4.78 is 5.62. The Bertz CT molecular complexity index is 552. The zero-order chi connectivity index (χ0) is 16.3. The highest BCUT2D eigenvalue weighted by Crippen LogP contribution is 2.38. The van der Waals surface area contributed by atoms with Crippen molar-refractivity contribution in [1.29, 1.82) is 0 Å². The van der Waals surface area contributed by atoms with Crippen LogP contribution < -0.4 is 4.90 Å². The van der Waals surface area contributed by atoms with Crippen molar-refractivity contribution in [2.75, 3.05) is 12.0 Å². The number of nitrogens with zero attached hydrogens (tertiary/aromatic N) is 1. The van der Waals surface area contributed by atoms with E-state index in [4.69, 9.17) is 4.74 Å². The largest absolute Gasteiger partial charge is 0.465 e. The van der Waals surface area contributed by atoms with Gasteiger partial charge in [-0.3, -0.25) is 4.79 Å². The van der Waals surface area contributed by atoms with Gasteiger partial charge in [-0.15, -0.1) is 11.3 Å². The SMILES string of the molecule is CCC(=O)N(c1cc(Br)sc1C(=O)OC)C1CCC(O)CC1. The molecule has 0 spiro atoms. The van der Waals surface area contributed by atoms with Gasteiger partial charge in [0.15, 0.2) is 0 Å². The summed E-state index contributed by atoms with van der Waals surface area (Å²) in [6.07, 6.45) is 2.91. The summed E-state index contributed by atoms with van der Waals surface area (Å²) in [6.45, 7) is 1.81. The van der Waals surface area contributed by atoms with Crippen LogP contribution in [0.25, 0.3) is 0 Å². The number of hydrogen-bond acceptors (Lipinski definition) is 5. The summed E-state index contributed by atoms with van der Waals surface area (Å²) in [5.74, 6) is -0.452. The van der Waals surface area contributed by atoms with Gasteiger partial charge in [-0.05, 0) is 47.7 Å². The van der Waals surface area contributed by atoms with E-state index in [1.54, 1.807) is 11.0 Å². The second kappa shape index (κ2) is 7.57. The lowest BCUT2D eigenvalue weighted by Gasteiger charge is -2.35. The van der Waals surface area contributed by atoms with Crippen LogP contribution in [-0.2, 0) is 9.53 Å². The molecule has 1 aromatic rings. The van der Waals surface area contributed by atoms with Crippen molar-refractivity contribution in [2.24, 2.45) is 0 Å². The number of ether oxygens (including phenoxy) is 1. The van der Waals surface area contributed by atoms with Crippen molar-refractivity contribution in [3.05, 3.63) is 14.7 Å². The van der Waals surface area contributed by atoms with Crippen LogP contribution in [0, 0.1) is 0 Å². The molecular formula is C15H20BrNO4S. The molecule has 1 aliphatic rings. The smallest absolute Gasteiger partial charge is 0.350 e. The van der Waals surface area contributed by atoms with Crippen molar-refractivity contribution in [1.82, 2.24) is 0 Å². The van der Waals surface area contributed by atoms with E-state index in [2.05, 4.69) is 15.9 Å². The number of amides is 1. The minimum absolute atomic E-state index is 0.0146. The molecule has 1 saturated carbocycles. The van der Waals surface area contributed by atoms with Crippen LogP contribution in [0.1, 0.15) is 48.7 Å². The Morgan fingerprint density at radius 2 is 2.05 bits per heavy atom. The minimum Gasteiger partial charge on any atom is -0.465 e. The number of carbonyl (C=O) groups excluding carboxylic acids is 2. The van der Waals surface area contributed by atoms with E-state index in [1.807, 2.05) is 6.92 Å². The molecule has 0 aliphatic heterocycles. The molecule has 1 aromatic heterocycles. The van der Waals surface area contributed by atoms with E-state index in [0.717, 1.165) is 16.6 Å². The molecule has 1 amide bonds. The molecule has 1 aliphatic carbocycles. The number of halogens is 1. The molecule has 1 heterocycles. The first-order valence-corrected chi connectivity index (χ1v) is 8.96. The fraction of sp³-hybridized carbons (Fsp3) is 0.600.